The number of nitrogens with zero attached hydrogens (tertiary/aromatic N) is 1. The van der Waals surface area contributed by atoms with E-state index in [9.17, 15) is 14.4 Å². The van der Waals surface area contributed by atoms with Gasteiger partial charge in [0.05, 0.1) is 14.2 Å². The lowest BCUT2D eigenvalue weighted by Gasteiger charge is -2.32. The van der Waals surface area contributed by atoms with Gasteiger partial charge in [-0.2, -0.15) is 0 Å². The summed E-state index contributed by atoms with van der Waals surface area (Å²) in [7, 11) is 3.26. The van der Waals surface area contributed by atoms with Crippen molar-refractivity contribution in [1.82, 2.24) is 4.90 Å². The van der Waals surface area contributed by atoms with Crippen molar-refractivity contribution in [3.05, 3.63) is 59.2 Å². The van der Waals surface area contributed by atoms with Crippen molar-refractivity contribution in [2.45, 2.75) is 44.4 Å². The highest BCUT2D eigenvalue weighted by Crippen LogP contribution is 2.39. The Morgan fingerprint density at radius 1 is 0.947 bits per heavy atom. The molecule has 2 aliphatic rings. The highest BCUT2D eigenvalue weighted by Gasteiger charge is 2.34. The van der Waals surface area contributed by atoms with Crippen molar-refractivity contribution in [1.29, 1.82) is 0 Å². The van der Waals surface area contributed by atoms with Crippen LogP contribution in [-0.4, -0.2) is 82.6 Å². The molecule has 10 nitrogen and oxygen atoms in total. The molecule has 3 unspecified atom stereocenters. The van der Waals surface area contributed by atoms with Gasteiger partial charge >= 0.3 is 11.9 Å². The summed E-state index contributed by atoms with van der Waals surface area (Å²) in [6.07, 6.45) is -0.343. The number of benzene rings is 2. The zero-order chi connectivity index (χ0) is 27.8. The third-order valence-electron chi connectivity index (χ3n) is 7.09. The van der Waals surface area contributed by atoms with E-state index in [2.05, 4.69) is 35.2 Å². The van der Waals surface area contributed by atoms with Gasteiger partial charge in [-0.3, -0.25) is 9.69 Å². The van der Waals surface area contributed by atoms with E-state index in [1.54, 1.807) is 14.2 Å². The molecule has 3 atom stereocenters. The monoisotopic (exact) mass is 529 g/mol. The van der Waals surface area contributed by atoms with Crippen LogP contribution < -0.4 is 9.47 Å². The van der Waals surface area contributed by atoms with Crippen molar-refractivity contribution in [2.75, 3.05) is 27.3 Å². The molecule has 0 spiro atoms. The lowest BCUT2D eigenvalue weighted by Crippen LogP contribution is -2.39. The van der Waals surface area contributed by atoms with Crippen LogP contribution in [0.2, 0.25) is 0 Å². The van der Waals surface area contributed by atoms with Gasteiger partial charge in [-0.25, -0.2) is 9.59 Å². The van der Waals surface area contributed by atoms with E-state index < -0.39 is 24.1 Å². The number of hydrogen-bond acceptors (Lipinski definition) is 8. The molecule has 1 fully saturated rings. The normalized spacial score (nSPS) is 19.1. The minimum Gasteiger partial charge on any atom is -0.493 e. The minimum atomic E-state index is -2.27. The molecule has 2 aromatic rings. The number of rotatable bonds is 9. The van der Waals surface area contributed by atoms with E-state index in [0.717, 1.165) is 43.6 Å². The number of fused-ring (bicyclic) bond motifs is 1. The molecule has 2 aromatic carbocycles. The van der Waals surface area contributed by atoms with Crippen LogP contribution in [-0.2, 0) is 22.6 Å². The van der Waals surface area contributed by atoms with Gasteiger partial charge in [0.2, 0.25) is 0 Å². The Bertz CT molecular complexity index is 1090. The number of aliphatic carboxylic acids is 2. The molecule has 1 heterocycles. The minimum absolute atomic E-state index is 0.109. The molecular weight excluding hydrogens is 494 g/mol. The first-order valence-electron chi connectivity index (χ1n) is 12.5. The molecule has 0 aromatic heterocycles. The number of hydrogen-bond donors (Lipinski definition) is 4. The number of carboxylic acids is 2. The van der Waals surface area contributed by atoms with Crippen molar-refractivity contribution < 1.29 is 44.3 Å². The van der Waals surface area contributed by atoms with E-state index in [1.165, 1.54) is 18.4 Å². The fraction of sp³-hybridized carbons (Fsp3) is 0.464. The first-order valence-corrected chi connectivity index (χ1v) is 12.5. The Morgan fingerprint density at radius 3 is 2.03 bits per heavy atom. The standard InChI is InChI=1S/C24H29NO3.C4H6O6/c1-27-22-14-19-13-20(24(26)21(19)15-23(22)28-2)12-17-8-10-25(11-9-17)16-18-6-4-3-5-7-18;5-1(3(7)8)2(6)4(9)10/h3-7,14-15,17,20H,8-13,16H2,1-2H3;1-2,5-6H,(H,7,8)(H,9,10). The number of piperidine rings is 1. The lowest BCUT2D eigenvalue weighted by molar-refractivity contribution is -0.165. The number of carboxylic acid groups (broad SMARTS) is 2. The predicted octanol–water partition coefficient (Wildman–Crippen LogP) is 2.24. The largest absolute Gasteiger partial charge is 0.493 e. The van der Waals surface area contributed by atoms with Gasteiger partial charge in [0.25, 0.3) is 0 Å². The molecule has 10 heteroatoms. The highest BCUT2D eigenvalue weighted by molar-refractivity contribution is 6.02. The third kappa shape index (κ3) is 7.31. The topological polar surface area (TPSA) is 154 Å². The first-order chi connectivity index (χ1) is 18.1. The van der Waals surface area contributed by atoms with E-state index >= 15 is 0 Å². The fourth-order valence-corrected chi connectivity index (χ4v) is 4.98. The number of carbonyl (C=O) groups excluding carboxylic acids is 1. The van der Waals surface area contributed by atoms with Crippen LogP contribution in [0.1, 0.15) is 40.7 Å². The number of likely N-dealkylation sites (tertiary alicyclic amines) is 1. The van der Waals surface area contributed by atoms with E-state index in [-0.39, 0.29) is 11.7 Å². The number of ether oxygens (including phenoxy) is 2. The number of Topliss-reactive ketones (excluding diaryl/α,β-unsaturated/α-hetero) is 1. The molecule has 38 heavy (non-hydrogen) atoms. The summed E-state index contributed by atoms with van der Waals surface area (Å²) in [5.74, 6) is -1.16. The summed E-state index contributed by atoms with van der Waals surface area (Å²) < 4.78 is 10.8. The molecule has 1 aliphatic carbocycles. The van der Waals surface area contributed by atoms with Crippen molar-refractivity contribution >= 4 is 17.7 Å². The number of ketones is 1. The number of carbonyl (C=O) groups is 3. The molecular formula is C28H35NO9. The molecule has 206 valence electrons. The molecule has 4 rings (SSSR count). The van der Waals surface area contributed by atoms with Gasteiger partial charge in [-0.05, 0) is 68.0 Å². The maximum Gasteiger partial charge on any atom is 0.335 e. The first kappa shape index (κ1) is 29.1. The van der Waals surface area contributed by atoms with Crippen LogP contribution in [0.25, 0.3) is 0 Å². The second-order valence-corrected chi connectivity index (χ2v) is 9.64. The second kappa shape index (κ2) is 13.4. The van der Waals surface area contributed by atoms with Crippen LogP contribution in [0.4, 0.5) is 0 Å². The van der Waals surface area contributed by atoms with Gasteiger partial charge in [0.15, 0.2) is 29.5 Å². The highest BCUT2D eigenvalue weighted by atomic mass is 16.5. The molecule has 0 amide bonds. The quantitative estimate of drug-likeness (QED) is 0.380. The number of methoxy groups -OCH3 is 2. The van der Waals surface area contributed by atoms with Crippen LogP contribution in [0.5, 0.6) is 11.5 Å². The van der Waals surface area contributed by atoms with E-state index in [0.29, 0.717) is 17.4 Å². The molecule has 0 bridgehead atoms. The van der Waals surface area contributed by atoms with Gasteiger partial charge in [0, 0.05) is 18.0 Å². The zero-order valence-electron chi connectivity index (χ0n) is 21.6. The molecule has 4 N–H and O–H groups in total. The summed E-state index contributed by atoms with van der Waals surface area (Å²) >= 11 is 0. The Hall–Kier alpha value is -3.47. The Balaban J connectivity index is 0.000000342. The smallest absolute Gasteiger partial charge is 0.335 e. The molecule has 1 aliphatic heterocycles. The zero-order valence-corrected chi connectivity index (χ0v) is 21.6. The summed E-state index contributed by atoms with van der Waals surface area (Å²) in [4.78, 5) is 35.0. The number of aliphatic hydroxyl groups is 2. The molecule has 1 saturated heterocycles. The lowest BCUT2D eigenvalue weighted by atomic mass is 9.85. The molecule has 0 radical (unpaired) electrons. The van der Waals surface area contributed by atoms with Crippen LogP contribution in [0.15, 0.2) is 42.5 Å². The fourth-order valence-electron chi connectivity index (χ4n) is 4.98. The Kier molecular flexibility index (Phi) is 10.2. The van der Waals surface area contributed by atoms with Crippen molar-refractivity contribution in [2.24, 2.45) is 11.8 Å². The summed E-state index contributed by atoms with van der Waals surface area (Å²) in [5.41, 5.74) is 3.31. The van der Waals surface area contributed by atoms with Crippen molar-refractivity contribution in [3.8, 4) is 11.5 Å². The predicted molar refractivity (Wildman–Crippen MR) is 137 cm³/mol. The summed E-state index contributed by atoms with van der Waals surface area (Å²) in [6, 6.07) is 14.5. The average Bonchev–Trinajstić information content (AvgIpc) is 3.22. The summed E-state index contributed by atoms with van der Waals surface area (Å²) in [6.45, 7) is 3.27. The summed E-state index contributed by atoms with van der Waals surface area (Å²) in [5, 5.41) is 32.5. The maximum absolute atomic E-state index is 12.9. The second-order valence-electron chi connectivity index (χ2n) is 9.64. The van der Waals surface area contributed by atoms with Gasteiger partial charge < -0.3 is 29.9 Å². The SMILES string of the molecule is COc1cc2c(cc1OC)C(=O)C(CC1CCN(Cc3ccccc3)CC1)C2.O=C(O)C(O)C(O)C(=O)O. The van der Waals surface area contributed by atoms with E-state index in [4.69, 9.17) is 29.9 Å². The van der Waals surface area contributed by atoms with Crippen LogP contribution >= 0.6 is 0 Å². The average molecular weight is 530 g/mol. The van der Waals surface area contributed by atoms with Crippen LogP contribution in [0.3, 0.4) is 0 Å². The van der Waals surface area contributed by atoms with Crippen molar-refractivity contribution in [3.63, 3.8) is 0 Å². The number of aliphatic hydroxyl groups excluding tert-OH is 2. The van der Waals surface area contributed by atoms with Crippen LogP contribution in [0, 0.1) is 11.8 Å². The van der Waals surface area contributed by atoms with Gasteiger partial charge in [-0.15, -0.1) is 0 Å². The maximum atomic E-state index is 12.9. The molecule has 0 saturated carbocycles. The van der Waals surface area contributed by atoms with E-state index in [1.807, 2.05) is 12.1 Å². The Labute approximate surface area is 221 Å². The van der Waals surface area contributed by atoms with Gasteiger partial charge in [0.1, 0.15) is 0 Å². The third-order valence-corrected chi connectivity index (χ3v) is 7.09. The van der Waals surface area contributed by atoms with Gasteiger partial charge in [-0.1, -0.05) is 30.3 Å². The Morgan fingerprint density at radius 2 is 1.50 bits per heavy atom.